The van der Waals surface area contributed by atoms with Crippen LogP contribution in [-0.2, 0) is 6.54 Å². The van der Waals surface area contributed by atoms with E-state index >= 15 is 0 Å². The smallest absolute Gasteiger partial charge is 0.185 e. The minimum absolute atomic E-state index is 0.705. The number of nitrogens with one attached hydrogen (secondary N) is 1. The summed E-state index contributed by atoms with van der Waals surface area (Å²) in [4.78, 5) is 8.44. The molecule has 1 fully saturated rings. The molecule has 0 aliphatic heterocycles. The van der Waals surface area contributed by atoms with E-state index in [1.54, 1.807) is 0 Å². The second kappa shape index (κ2) is 5.83. The summed E-state index contributed by atoms with van der Waals surface area (Å²) >= 11 is 1.84. The first kappa shape index (κ1) is 12.8. The molecule has 1 aromatic heterocycles. The van der Waals surface area contributed by atoms with Gasteiger partial charge in [0.15, 0.2) is 5.13 Å². The fraction of sp³-hybridized carbons (Fsp3) is 0.769. The average molecular weight is 253 g/mol. The third-order valence-corrected chi connectivity index (χ3v) is 3.92. The Labute approximate surface area is 108 Å². The highest BCUT2D eigenvalue weighted by Gasteiger charge is 2.31. The molecule has 0 unspecified atom stereocenters. The molecule has 2 rings (SSSR count). The summed E-state index contributed by atoms with van der Waals surface area (Å²) in [7, 11) is 0. The monoisotopic (exact) mass is 253 g/mol. The number of thiazole rings is 1. The molecule has 96 valence electrons. The molecule has 0 bridgehead atoms. The van der Waals surface area contributed by atoms with E-state index in [2.05, 4.69) is 36.0 Å². The predicted molar refractivity (Wildman–Crippen MR) is 74.7 cm³/mol. The minimum Gasteiger partial charge on any atom is -0.345 e. The van der Waals surface area contributed by atoms with Crippen LogP contribution in [0.3, 0.4) is 0 Å². The first-order valence-corrected chi connectivity index (χ1v) is 7.44. The van der Waals surface area contributed by atoms with Crippen molar-refractivity contribution in [1.82, 2.24) is 10.3 Å². The molecule has 1 N–H and O–H groups in total. The molecule has 1 aliphatic carbocycles. The Kier molecular flexibility index (Phi) is 4.40. The molecular weight excluding hydrogens is 230 g/mol. The van der Waals surface area contributed by atoms with Crippen molar-refractivity contribution >= 4 is 16.5 Å². The largest absolute Gasteiger partial charge is 0.345 e. The molecular formula is C13H23N3S. The van der Waals surface area contributed by atoms with Gasteiger partial charge in [-0.25, -0.2) is 4.98 Å². The Morgan fingerprint density at radius 1 is 1.53 bits per heavy atom. The standard InChI is InChI=1S/C13H23N3S/c1-4-14-7-12-8-15-13(17-12)16(9-10(2)3)11-5-6-11/h8,10-11,14H,4-7,9H2,1-3H3. The number of hydrogen-bond acceptors (Lipinski definition) is 4. The van der Waals surface area contributed by atoms with Gasteiger partial charge in [0, 0.05) is 30.2 Å². The number of rotatable bonds is 7. The quantitative estimate of drug-likeness (QED) is 0.810. The Morgan fingerprint density at radius 2 is 2.29 bits per heavy atom. The molecule has 0 spiro atoms. The van der Waals surface area contributed by atoms with Crippen LogP contribution >= 0.6 is 11.3 Å². The van der Waals surface area contributed by atoms with E-state index in [1.807, 2.05) is 17.5 Å². The van der Waals surface area contributed by atoms with Gasteiger partial charge in [-0.2, -0.15) is 0 Å². The molecule has 0 aromatic carbocycles. The third kappa shape index (κ3) is 3.68. The van der Waals surface area contributed by atoms with Crippen LogP contribution in [0.1, 0.15) is 38.5 Å². The summed E-state index contributed by atoms with van der Waals surface area (Å²) < 4.78 is 0. The molecule has 0 atom stereocenters. The maximum Gasteiger partial charge on any atom is 0.185 e. The van der Waals surface area contributed by atoms with Crippen molar-refractivity contribution in [2.24, 2.45) is 5.92 Å². The maximum absolute atomic E-state index is 4.59. The number of nitrogens with zero attached hydrogens (tertiary/aromatic N) is 2. The van der Waals surface area contributed by atoms with Crippen LogP contribution in [0.4, 0.5) is 5.13 Å². The molecule has 17 heavy (non-hydrogen) atoms. The number of anilines is 1. The zero-order valence-corrected chi connectivity index (χ0v) is 11.9. The van der Waals surface area contributed by atoms with Crippen LogP contribution in [-0.4, -0.2) is 24.1 Å². The Hall–Kier alpha value is -0.610. The van der Waals surface area contributed by atoms with Crippen LogP contribution in [0.15, 0.2) is 6.20 Å². The molecule has 4 heteroatoms. The Balaban J connectivity index is 1.99. The zero-order valence-electron chi connectivity index (χ0n) is 11.1. The first-order chi connectivity index (χ1) is 8.20. The molecule has 0 saturated heterocycles. The second-order valence-electron chi connectivity index (χ2n) is 5.17. The van der Waals surface area contributed by atoms with E-state index in [9.17, 15) is 0 Å². The van der Waals surface area contributed by atoms with Crippen molar-refractivity contribution < 1.29 is 0 Å². The van der Waals surface area contributed by atoms with Gasteiger partial charge in [0.1, 0.15) is 0 Å². The van der Waals surface area contributed by atoms with Crippen molar-refractivity contribution in [3.8, 4) is 0 Å². The summed E-state index contributed by atoms with van der Waals surface area (Å²) in [5, 5.41) is 4.57. The molecule has 1 heterocycles. The lowest BCUT2D eigenvalue weighted by molar-refractivity contribution is 0.606. The molecule has 3 nitrogen and oxygen atoms in total. The lowest BCUT2D eigenvalue weighted by Gasteiger charge is -2.23. The highest BCUT2D eigenvalue weighted by Crippen LogP contribution is 2.34. The molecule has 0 amide bonds. The first-order valence-electron chi connectivity index (χ1n) is 6.62. The second-order valence-corrected chi connectivity index (χ2v) is 6.26. The van der Waals surface area contributed by atoms with Gasteiger partial charge in [-0.15, -0.1) is 11.3 Å². The van der Waals surface area contributed by atoms with Gasteiger partial charge in [0.2, 0.25) is 0 Å². The fourth-order valence-electron chi connectivity index (χ4n) is 1.92. The summed E-state index contributed by atoms with van der Waals surface area (Å²) in [6, 6.07) is 0.760. The third-order valence-electron chi connectivity index (χ3n) is 2.89. The topological polar surface area (TPSA) is 28.2 Å². The minimum atomic E-state index is 0.705. The van der Waals surface area contributed by atoms with E-state index in [0.717, 1.165) is 25.7 Å². The molecule has 1 saturated carbocycles. The van der Waals surface area contributed by atoms with Crippen molar-refractivity contribution in [2.45, 2.75) is 46.2 Å². The average Bonchev–Trinajstić information content (AvgIpc) is 3.02. The van der Waals surface area contributed by atoms with Gasteiger partial charge in [0.25, 0.3) is 0 Å². The van der Waals surface area contributed by atoms with Gasteiger partial charge >= 0.3 is 0 Å². The van der Waals surface area contributed by atoms with Crippen LogP contribution < -0.4 is 10.2 Å². The van der Waals surface area contributed by atoms with Crippen molar-refractivity contribution in [3.63, 3.8) is 0 Å². The fourth-order valence-corrected chi connectivity index (χ4v) is 2.88. The van der Waals surface area contributed by atoms with Crippen molar-refractivity contribution in [1.29, 1.82) is 0 Å². The van der Waals surface area contributed by atoms with E-state index in [-0.39, 0.29) is 0 Å². The van der Waals surface area contributed by atoms with Crippen LogP contribution in [0, 0.1) is 5.92 Å². The molecule has 1 aliphatic rings. The number of aromatic nitrogens is 1. The normalized spacial score (nSPS) is 15.5. The Bertz CT molecular complexity index is 344. The highest BCUT2D eigenvalue weighted by molar-refractivity contribution is 7.15. The maximum atomic E-state index is 4.59. The van der Waals surface area contributed by atoms with Crippen molar-refractivity contribution in [3.05, 3.63) is 11.1 Å². The summed E-state index contributed by atoms with van der Waals surface area (Å²) in [6.07, 6.45) is 4.71. The predicted octanol–water partition coefficient (Wildman–Crippen LogP) is 2.88. The summed E-state index contributed by atoms with van der Waals surface area (Å²) in [5.74, 6) is 0.705. The van der Waals surface area contributed by atoms with Gasteiger partial charge in [0.05, 0.1) is 0 Å². The Morgan fingerprint density at radius 3 is 2.88 bits per heavy atom. The van der Waals surface area contributed by atoms with E-state index in [0.29, 0.717) is 5.92 Å². The lowest BCUT2D eigenvalue weighted by atomic mass is 10.2. The van der Waals surface area contributed by atoms with Crippen molar-refractivity contribution in [2.75, 3.05) is 18.0 Å². The molecule has 1 aromatic rings. The summed E-state index contributed by atoms with van der Waals surface area (Å²) in [5.41, 5.74) is 0. The van der Waals surface area contributed by atoms with Crippen LogP contribution in [0.25, 0.3) is 0 Å². The van der Waals surface area contributed by atoms with Gasteiger partial charge < -0.3 is 10.2 Å². The highest BCUT2D eigenvalue weighted by atomic mass is 32.1. The van der Waals surface area contributed by atoms with Gasteiger partial charge in [-0.3, -0.25) is 0 Å². The van der Waals surface area contributed by atoms with Gasteiger partial charge in [-0.05, 0) is 25.3 Å². The number of hydrogen-bond donors (Lipinski definition) is 1. The lowest BCUT2D eigenvalue weighted by Crippen LogP contribution is -2.29. The summed E-state index contributed by atoms with van der Waals surface area (Å²) in [6.45, 7) is 9.81. The van der Waals surface area contributed by atoms with Gasteiger partial charge in [-0.1, -0.05) is 20.8 Å². The van der Waals surface area contributed by atoms with E-state index in [1.165, 1.54) is 22.9 Å². The zero-order chi connectivity index (χ0) is 12.3. The van der Waals surface area contributed by atoms with Crippen LogP contribution in [0.5, 0.6) is 0 Å². The van der Waals surface area contributed by atoms with Crippen LogP contribution in [0.2, 0.25) is 0 Å². The SMILES string of the molecule is CCNCc1cnc(N(CC(C)C)C2CC2)s1. The van der Waals surface area contributed by atoms with E-state index < -0.39 is 0 Å². The molecule has 0 radical (unpaired) electrons. The van der Waals surface area contributed by atoms with E-state index in [4.69, 9.17) is 0 Å².